The van der Waals surface area contributed by atoms with Gasteiger partial charge < -0.3 is 15.0 Å². The van der Waals surface area contributed by atoms with Crippen molar-refractivity contribution in [1.29, 1.82) is 0 Å². The maximum atomic E-state index is 12.4. The van der Waals surface area contributed by atoms with Gasteiger partial charge in [0.25, 0.3) is 11.8 Å². The van der Waals surface area contributed by atoms with Crippen molar-refractivity contribution >= 4 is 28.8 Å². The van der Waals surface area contributed by atoms with Crippen LogP contribution in [0.4, 0.5) is 5.69 Å². The molecule has 0 unspecified atom stereocenters. The molecule has 0 atom stereocenters. The highest BCUT2D eigenvalue weighted by atomic mass is 32.1. The Bertz CT molecular complexity index is 742. The number of amides is 2. The number of hydrogen-bond donors (Lipinski definition) is 1. The van der Waals surface area contributed by atoms with Gasteiger partial charge in [0.1, 0.15) is 5.75 Å². The summed E-state index contributed by atoms with van der Waals surface area (Å²) in [4.78, 5) is 27.5. The fourth-order valence-corrected chi connectivity index (χ4v) is 3.85. The Kier molecular flexibility index (Phi) is 5.38. The predicted octanol–water partition coefficient (Wildman–Crippen LogP) is 3.35. The normalized spacial score (nSPS) is 13.0. The molecule has 1 aliphatic rings. The number of anilines is 1. The van der Waals surface area contributed by atoms with Gasteiger partial charge in [0.05, 0.1) is 4.88 Å². The number of nitrogens with one attached hydrogen (secondary N) is 1. The zero-order valence-corrected chi connectivity index (χ0v) is 15.3. The molecular formula is C19H22N2O3S. The minimum absolute atomic E-state index is 0.000541. The van der Waals surface area contributed by atoms with Crippen molar-refractivity contribution in [2.75, 3.05) is 26.0 Å². The number of nitrogens with zero attached hydrogens (tertiary/aromatic N) is 1. The first kappa shape index (κ1) is 17.5. The molecule has 1 aromatic heterocycles. The molecule has 1 N–H and O–H groups in total. The van der Waals surface area contributed by atoms with Gasteiger partial charge in [-0.3, -0.25) is 9.59 Å². The van der Waals surface area contributed by atoms with Crippen LogP contribution in [-0.4, -0.2) is 37.4 Å². The maximum absolute atomic E-state index is 12.4. The molecule has 25 heavy (non-hydrogen) atoms. The summed E-state index contributed by atoms with van der Waals surface area (Å²) in [5.74, 6) is 0.426. The van der Waals surface area contributed by atoms with Crippen LogP contribution >= 0.6 is 11.3 Å². The molecule has 0 radical (unpaired) electrons. The minimum atomic E-state index is -0.0981. The predicted molar refractivity (Wildman–Crippen MR) is 99.5 cm³/mol. The van der Waals surface area contributed by atoms with Crippen LogP contribution in [0.15, 0.2) is 30.3 Å². The molecular weight excluding hydrogens is 336 g/mol. The van der Waals surface area contributed by atoms with Gasteiger partial charge >= 0.3 is 0 Å². The van der Waals surface area contributed by atoms with Crippen LogP contribution in [0.3, 0.4) is 0 Å². The first-order valence-electron chi connectivity index (χ1n) is 8.39. The monoisotopic (exact) mass is 358 g/mol. The Morgan fingerprint density at radius 3 is 2.56 bits per heavy atom. The van der Waals surface area contributed by atoms with E-state index in [4.69, 9.17) is 4.74 Å². The van der Waals surface area contributed by atoms with Gasteiger partial charge in [0, 0.05) is 24.7 Å². The average Bonchev–Trinajstić information content (AvgIpc) is 3.05. The number of aryl methyl sites for hydroxylation is 2. The molecule has 2 amide bonds. The van der Waals surface area contributed by atoms with Gasteiger partial charge in [-0.1, -0.05) is 0 Å². The zero-order valence-electron chi connectivity index (χ0n) is 14.5. The van der Waals surface area contributed by atoms with Crippen LogP contribution < -0.4 is 10.1 Å². The summed E-state index contributed by atoms with van der Waals surface area (Å²) >= 11 is 1.60. The lowest BCUT2D eigenvalue weighted by molar-refractivity contribution is -0.130. The second-order valence-electron chi connectivity index (χ2n) is 6.32. The first-order valence-corrected chi connectivity index (χ1v) is 9.20. The SMILES string of the molecule is CN(C)C(=O)COc1ccc(NC(=O)c2cc3c(s2)CCCC3)cc1. The number of benzene rings is 1. The zero-order chi connectivity index (χ0) is 17.8. The van der Waals surface area contributed by atoms with Crippen LogP contribution in [0.1, 0.15) is 33.0 Å². The standard InChI is InChI=1S/C19H22N2O3S/c1-21(2)18(22)12-24-15-9-7-14(8-10-15)20-19(23)17-11-13-5-3-4-6-16(13)25-17/h7-11H,3-6,12H2,1-2H3,(H,20,23). The van der Waals surface area contributed by atoms with Crippen molar-refractivity contribution in [2.24, 2.45) is 0 Å². The lowest BCUT2D eigenvalue weighted by Gasteiger charge is -2.11. The summed E-state index contributed by atoms with van der Waals surface area (Å²) in [5.41, 5.74) is 2.04. The molecule has 0 saturated heterocycles. The van der Waals surface area contributed by atoms with Crippen LogP contribution in [0.2, 0.25) is 0 Å². The molecule has 5 nitrogen and oxygen atoms in total. The van der Waals surface area contributed by atoms with Crippen LogP contribution in [0, 0.1) is 0 Å². The van der Waals surface area contributed by atoms with Gasteiger partial charge in [-0.25, -0.2) is 0 Å². The molecule has 2 aromatic rings. The summed E-state index contributed by atoms with van der Waals surface area (Å²) in [5, 5.41) is 2.92. The average molecular weight is 358 g/mol. The maximum Gasteiger partial charge on any atom is 0.265 e. The van der Waals surface area contributed by atoms with E-state index in [9.17, 15) is 9.59 Å². The fourth-order valence-electron chi connectivity index (χ4n) is 2.70. The molecule has 132 valence electrons. The van der Waals surface area contributed by atoms with Crippen LogP contribution in [0.25, 0.3) is 0 Å². The highest BCUT2D eigenvalue weighted by Crippen LogP contribution is 2.30. The third kappa shape index (κ3) is 4.39. The van der Waals surface area contributed by atoms with E-state index in [1.807, 2.05) is 6.07 Å². The van der Waals surface area contributed by atoms with E-state index in [1.54, 1.807) is 49.7 Å². The van der Waals surface area contributed by atoms with Crippen molar-refractivity contribution in [3.63, 3.8) is 0 Å². The van der Waals surface area contributed by atoms with E-state index in [2.05, 4.69) is 5.32 Å². The Hall–Kier alpha value is -2.34. The molecule has 1 heterocycles. The van der Waals surface area contributed by atoms with Crippen molar-refractivity contribution in [1.82, 2.24) is 4.90 Å². The number of rotatable bonds is 5. The second kappa shape index (κ2) is 7.70. The fraction of sp³-hybridized carbons (Fsp3) is 0.368. The van der Waals surface area contributed by atoms with Gasteiger partial charge in [-0.05, 0) is 61.6 Å². The van der Waals surface area contributed by atoms with Crippen molar-refractivity contribution < 1.29 is 14.3 Å². The third-order valence-electron chi connectivity index (χ3n) is 4.19. The van der Waals surface area contributed by atoms with Gasteiger partial charge in [0.15, 0.2) is 6.61 Å². The van der Waals surface area contributed by atoms with E-state index >= 15 is 0 Å². The molecule has 0 bridgehead atoms. The molecule has 1 aliphatic carbocycles. The van der Waals surface area contributed by atoms with E-state index in [-0.39, 0.29) is 18.4 Å². The highest BCUT2D eigenvalue weighted by molar-refractivity contribution is 7.14. The Balaban J connectivity index is 1.58. The minimum Gasteiger partial charge on any atom is -0.484 e. The summed E-state index contributed by atoms with van der Waals surface area (Å²) in [7, 11) is 3.37. The lowest BCUT2D eigenvalue weighted by Crippen LogP contribution is -2.27. The van der Waals surface area contributed by atoms with Crippen molar-refractivity contribution in [2.45, 2.75) is 25.7 Å². The second-order valence-corrected chi connectivity index (χ2v) is 7.46. The van der Waals surface area contributed by atoms with Crippen molar-refractivity contribution in [3.8, 4) is 5.75 Å². The highest BCUT2D eigenvalue weighted by Gasteiger charge is 2.17. The largest absolute Gasteiger partial charge is 0.484 e. The Labute approximate surface area is 151 Å². The topological polar surface area (TPSA) is 58.6 Å². The molecule has 3 rings (SSSR count). The first-order chi connectivity index (χ1) is 12.0. The van der Waals surface area contributed by atoms with Gasteiger partial charge in [-0.2, -0.15) is 0 Å². The molecule has 6 heteroatoms. The summed E-state index contributed by atoms with van der Waals surface area (Å²) in [6, 6.07) is 9.08. The lowest BCUT2D eigenvalue weighted by atomic mass is 9.99. The van der Waals surface area contributed by atoms with Gasteiger partial charge in [0.2, 0.25) is 0 Å². The smallest absolute Gasteiger partial charge is 0.265 e. The summed E-state index contributed by atoms with van der Waals surface area (Å²) < 4.78 is 5.43. The molecule has 0 fully saturated rings. The van der Waals surface area contributed by atoms with E-state index < -0.39 is 0 Å². The number of likely N-dealkylation sites (N-methyl/N-ethyl adjacent to an activating group) is 1. The number of carbonyl (C=O) groups excluding carboxylic acids is 2. The van der Waals surface area contributed by atoms with E-state index in [0.717, 1.165) is 17.7 Å². The Morgan fingerprint density at radius 2 is 1.88 bits per heavy atom. The van der Waals surface area contributed by atoms with E-state index in [1.165, 1.54) is 28.2 Å². The van der Waals surface area contributed by atoms with Crippen LogP contribution in [0.5, 0.6) is 5.75 Å². The molecule has 0 spiro atoms. The molecule has 0 saturated carbocycles. The number of ether oxygens (including phenoxy) is 1. The van der Waals surface area contributed by atoms with E-state index in [0.29, 0.717) is 11.4 Å². The summed E-state index contributed by atoms with van der Waals surface area (Å²) in [6.07, 6.45) is 4.59. The third-order valence-corrected chi connectivity index (χ3v) is 5.43. The molecule has 1 aromatic carbocycles. The quantitative estimate of drug-likeness (QED) is 0.892. The number of thiophene rings is 1. The summed E-state index contributed by atoms with van der Waals surface area (Å²) in [6.45, 7) is -0.000541. The number of fused-ring (bicyclic) bond motifs is 1. The van der Waals surface area contributed by atoms with Crippen molar-refractivity contribution in [3.05, 3.63) is 45.6 Å². The Morgan fingerprint density at radius 1 is 1.16 bits per heavy atom. The number of carbonyl (C=O) groups is 2. The van der Waals surface area contributed by atoms with Crippen LogP contribution in [-0.2, 0) is 17.6 Å². The van der Waals surface area contributed by atoms with Gasteiger partial charge in [-0.15, -0.1) is 11.3 Å². The number of hydrogen-bond acceptors (Lipinski definition) is 4. The molecule has 0 aliphatic heterocycles.